The molecule has 0 spiro atoms. The van der Waals surface area contributed by atoms with Crippen LogP contribution in [0.4, 0.5) is 0 Å². The highest BCUT2D eigenvalue weighted by molar-refractivity contribution is 6.31. The highest BCUT2D eigenvalue weighted by atomic mass is 35.5. The predicted octanol–water partition coefficient (Wildman–Crippen LogP) is 5.84. The molecular weight excluding hydrogens is 476 g/mol. The fourth-order valence-corrected chi connectivity index (χ4v) is 3.97. The Morgan fingerprint density at radius 3 is 2.56 bits per heavy atom. The molecule has 7 nitrogen and oxygen atoms in total. The van der Waals surface area contributed by atoms with Gasteiger partial charge in [0.15, 0.2) is 0 Å². The van der Waals surface area contributed by atoms with Crippen LogP contribution in [0.15, 0.2) is 59.7 Å². The summed E-state index contributed by atoms with van der Waals surface area (Å²) in [7, 11) is 1.61. The monoisotopic (exact) mass is 504 g/mol. The molecule has 0 atom stereocenters. The third-order valence-electron chi connectivity index (χ3n) is 5.72. The van der Waals surface area contributed by atoms with Crippen molar-refractivity contribution in [2.75, 3.05) is 7.11 Å². The Balaban J connectivity index is 1.69. The van der Waals surface area contributed by atoms with Gasteiger partial charge in [0.1, 0.15) is 29.0 Å². The van der Waals surface area contributed by atoms with E-state index >= 15 is 0 Å². The topological polar surface area (TPSA) is 79.1 Å². The van der Waals surface area contributed by atoms with Crippen LogP contribution < -0.4 is 15.0 Å². The Morgan fingerprint density at radius 2 is 1.83 bits per heavy atom. The second-order valence-corrected chi connectivity index (χ2v) is 10.00. The molecule has 3 aromatic heterocycles. The quantitative estimate of drug-likeness (QED) is 0.328. The van der Waals surface area contributed by atoms with Gasteiger partial charge in [-0.3, -0.25) is 14.3 Å². The minimum absolute atomic E-state index is 0.00935. The second-order valence-electron chi connectivity index (χ2n) is 9.62. The second kappa shape index (κ2) is 10.1. The average Bonchev–Trinajstić information content (AvgIpc) is 2.85. The molecule has 0 aliphatic rings. The van der Waals surface area contributed by atoms with Crippen molar-refractivity contribution in [2.45, 2.75) is 46.6 Å². The molecule has 0 N–H and O–H groups in total. The maximum atomic E-state index is 13.3. The number of pyridine rings is 2. The minimum Gasteiger partial charge on any atom is -0.497 e. The maximum Gasteiger partial charge on any atom is 0.277 e. The van der Waals surface area contributed by atoms with E-state index in [-0.39, 0.29) is 22.6 Å². The highest BCUT2D eigenvalue weighted by Gasteiger charge is 2.20. The molecule has 0 bridgehead atoms. The third-order valence-corrected chi connectivity index (χ3v) is 6.06. The van der Waals surface area contributed by atoms with Crippen molar-refractivity contribution in [3.05, 3.63) is 92.9 Å². The number of benzene rings is 1. The summed E-state index contributed by atoms with van der Waals surface area (Å²) < 4.78 is 12.7. The van der Waals surface area contributed by atoms with Crippen LogP contribution in [0.5, 0.6) is 11.5 Å². The van der Waals surface area contributed by atoms with E-state index in [1.54, 1.807) is 36.2 Å². The molecule has 1 aromatic carbocycles. The van der Waals surface area contributed by atoms with Crippen molar-refractivity contribution in [2.24, 2.45) is 0 Å². The number of aryl methyl sites for hydroxylation is 2. The normalized spacial score (nSPS) is 11.4. The van der Waals surface area contributed by atoms with E-state index < -0.39 is 0 Å². The number of rotatable bonds is 6. The average molecular weight is 505 g/mol. The summed E-state index contributed by atoms with van der Waals surface area (Å²) in [6.07, 6.45) is 3.47. The van der Waals surface area contributed by atoms with Crippen LogP contribution >= 0.6 is 11.6 Å². The molecule has 3 heterocycles. The van der Waals surface area contributed by atoms with Crippen molar-refractivity contribution < 1.29 is 9.47 Å². The summed E-state index contributed by atoms with van der Waals surface area (Å²) in [5, 5.41) is 0.00935. The summed E-state index contributed by atoms with van der Waals surface area (Å²) in [5.74, 6) is 1.79. The molecule has 0 aliphatic carbocycles. The molecule has 0 fully saturated rings. The van der Waals surface area contributed by atoms with E-state index in [1.807, 2.05) is 44.2 Å². The zero-order valence-electron chi connectivity index (χ0n) is 21.3. The van der Waals surface area contributed by atoms with Crippen molar-refractivity contribution in [1.82, 2.24) is 19.5 Å². The van der Waals surface area contributed by atoms with Gasteiger partial charge in [-0.05, 0) is 49.2 Å². The number of methoxy groups -OCH3 is 1. The van der Waals surface area contributed by atoms with Gasteiger partial charge in [-0.15, -0.1) is 0 Å². The maximum absolute atomic E-state index is 13.3. The van der Waals surface area contributed by atoms with Gasteiger partial charge in [-0.2, -0.15) is 0 Å². The number of hydrogen-bond donors (Lipinski definition) is 0. The lowest BCUT2D eigenvalue weighted by atomic mass is 9.95. The van der Waals surface area contributed by atoms with Gasteiger partial charge >= 0.3 is 0 Å². The van der Waals surface area contributed by atoms with Gasteiger partial charge in [0.2, 0.25) is 0 Å². The van der Waals surface area contributed by atoms with E-state index in [9.17, 15) is 4.79 Å². The van der Waals surface area contributed by atoms with Gasteiger partial charge in [-0.25, -0.2) is 9.97 Å². The Morgan fingerprint density at radius 1 is 1.06 bits per heavy atom. The van der Waals surface area contributed by atoms with Gasteiger partial charge in [0, 0.05) is 29.6 Å². The molecular formula is C28H29ClN4O3. The van der Waals surface area contributed by atoms with E-state index in [4.69, 9.17) is 26.1 Å². The largest absolute Gasteiger partial charge is 0.497 e. The van der Waals surface area contributed by atoms with E-state index in [1.165, 1.54) is 0 Å². The fraction of sp³-hybridized carbons (Fsp3) is 0.286. The van der Waals surface area contributed by atoms with Gasteiger partial charge in [0.05, 0.1) is 24.2 Å². The number of nitrogens with zero attached hydrogens (tertiary/aromatic N) is 4. The fourth-order valence-electron chi connectivity index (χ4n) is 3.78. The van der Waals surface area contributed by atoms with Gasteiger partial charge < -0.3 is 9.47 Å². The Kier molecular flexibility index (Phi) is 7.13. The molecule has 0 amide bonds. The molecule has 0 unspecified atom stereocenters. The van der Waals surface area contributed by atoms with Gasteiger partial charge in [0.25, 0.3) is 5.56 Å². The zero-order chi connectivity index (χ0) is 26.0. The molecule has 36 heavy (non-hydrogen) atoms. The molecule has 0 saturated carbocycles. The van der Waals surface area contributed by atoms with Crippen LogP contribution in [0.3, 0.4) is 0 Å². The van der Waals surface area contributed by atoms with Crippen LogP contribution in [-0.4, -0.2) is 26.6 Å². The van der Waals surface area contributed by atoms with E-state index in [2.05, 4.69) is 30.7 Å². The number of hydrogen-bond acceptors (Lipinski definition) is 6. The first-order chi connectivity index (χ1) is 17.1. The standard InChI is InChI=1S/C28H29ClN4O3/c1-17-15-31-27(28(3,4)5)32-25(17)22-14-20(10-11-30-22)33-18(2)12-23(24(29)26(33)34)36-16-19-8-7-9-21(13-19)35-6/h7-15H,16H2,1-6H3. The molecule has 186 valence electrons. The first kappa shape index (κ1) is 25.4. The van der Waals surface area contributed by atoms with Crippen LogP contribution in [0.1, 0.15) is 43.4 Å². The lowest BCUT2D eigenvalue weighted by Gasteiger charge is -2.18. The number of halogens is 1. The molecule has 0 saturated heterocycles. The van der Waals surface area contributed by atoms with Crippen molar-refractivity contribution in [3.63, 3.8) is 0 Å². The zero-order valence-corrected chi connectivity index (χ0v) is 22.1. The number of ether oxygens (including phenoxy) is 2. The molecule has 0 radical (unpaired) electrons. The van der Waals surface area contributed by atoms with E-state index in [0.717, 1.165) is 28.4 Å². The van der Waals surface area contributed by atoms with Crippen LogP contribution in [0, 0.1) is 13.8 Å². The molecule has 4 aromatic rings. The van der Waals surface area contributed by atoms with Crippen LogP contribution in [0.25, 0.3) is 17.1 Å². The molecule has 4 rings (SSSR count). The van der Waals surface area contributed by atoms with Crippen molar-refractivity contribution in [1.29, 1.82) is 0 Å². The smallest absolute Gasteiger partial charge is 0.277 e. The Hall–Kier alpha value is -3.71. The molecule has 0 aliphatic heterocycles. The van der Waals surface area contributed by atoms with Crippen molar-refractivity contribution >= 4 is 11.6 Å². The Bertz CT molecular complexity index is 1470. The van der Waals surface area contributed by atoms with Crippen LogP contribution in [-0.2, 0) is 12.0 Å². The SMILES string of the molecule is COc1cccc(COc2cc(C)n(-c3ccnc(-c4nc(C(C)(C)C)ncc4C)c3)c(=O)c2Cl)c1. The summed E-state index contributed by atoms with van der Waals surface area (Å²) in [6.45, 7) is 10.2. The van der Waals surface area contributed by atoms with E-state index in [0.29, 0.717) is 22.8 Å². The van der Waals surface area contributed by atoms with Crippen molar-refractivity contribution in [3.8, 4) is 28.6 Å². The number of aromatic nitrogens is 4. The van der Waals surface area contributed by atoms with Crippen LogP contribution in [0.2, 0.25) is 5.02 Å². The minimum atomic E-state index is -0.371. The summed E-state index contributed by atoms with van der Waals surface area (Å²) in [5.41, 5.74) is 3.92. The summed E-state index contributed by atoms with van der Waals surface area (Å²) >= 11 is 6.48. The summed E-state index contributed by atoms with van der Waals surface area (Å²) in [4.78, 5) is 27.1. The first-order valence-corrected chi connectivity index (χ1v) is 11.9. The summed E-state index contributed by atoms with van der Waals surface area (Å²) in [6, 6.07) is 12.9. The lowest BCUT2D eigenvalue weighted by molar-refractivity contribution is 0.304. The third kappa shape index (κ3) is 5.26. The highest BCUT2D eigenvalue weighted by Crippen LogP contribution is 2.28. The Labute approximate surface area is 215 Å². The predicted molar refractivity (Wildman–Crippen MR) is 141 cm³/mol. The molecule has 8 heteroatoms. The first-order valence-electron chi connectivity index (χ1n) is 11.6. The van der Waals surface area contributed by atoms with Gasteiger partial charge in [-0.1, -0.05) is 44.5 Å². The lowest BCUT2D eigenvalue weighted by Crippen LogP contribution is -2.22.